The minimum Gasteiger partial charge on any atom is -0.378 e. The molecule has 0 heterocycles. The van der Waals surface area contributed by atoms with E-state index in [1.165, 1.54) is 96.3 Å². The van der Waals surface area contributed by atoms with Gasteiger partial charge in [0, 0.05) is 6.61 Å². The van der Waals surface area contributed by atoms with E-state index in [4.69, 9.17) is 4.74 Å². The van der Waals surface area contributed by atoms with Crippen molar-refractivity contribution >= 4 is 0 Å². The summed E-state index contributed by atoms with van der Waals surface area (Å²) in [6.45, 7) is 7.29. The van der Waals surface area contributed by atoms with Crippen molar-refractivity contribution in [2.24, 2.45) is 29.6 Å². The summed E-state index contributed by atoms with van der Waals surface area (Å²) in [5.41, 5.74) is 0. The Balaban J connectivity index is 1.28. The van der Waals surface area contributed by atoms with Gasteiger partial charge in [0.1, 0.15) is 0 Å². The van der Waals surface area contributed by atoms with E-state index in [0.29, 0.717) is 6.10 Å². The first-order valence-electron chi connectivity index (χ1n) is 12.0. The maximum absolute atomic E-state index is 6.38. The molecule has 3 saturated carbocycles. The van der Waals surface area contributed by atoms with E-state index in [1.54, 1.807) is 0 Å². The Morgan fingerprint density at radius 2 is 1.27 bits per heavy atom. The SMILES string of the molecule is C=CCCC1CCC(C2CCC(OCC3CCC(CC)CC3)CC2)CC1. The van der Waals surface area contributed by atoms with Crippen LogP contribution in [0.4, 0.5) is 0 Å². The van der Waals surface area contributed by atoms with Crippen molar-refractivity contribution in [1.82, 2.24) is 0 Å². The van der Waals surface area contributed by atoms with Crippen molar-refractivity contribution in [3.05, 3.63) is 12.7 Å². The molecule has 0 aromatic carbocycles. The molecule has 1 heteroatoms. The standard InChI is InChI=1S/C25H44O/c1-3-5-6-21-11-13-23(14-12-21)24-15-17-25(18-16-24)26-19-22-9-7-20(4-2)8-10-22/h3,20-25H,1,4-19H2,2H3. The summed E-state index contributed by atoms with van der Waals surface area (Å²) in [4.78, 5) is 0. The molecule has 26 heavy (non-hydrogen) atoms. The molecule has 0 spiro atoms. The van der Waals surface area contributed by atoms with Gasteiger partial charge >= 0.3 is 0 Å². The zero-order valence-electron chi connectivity index (χ0n) is 17.5. The molecule has 0 aromatic rings. The van der Waals surface area contributed by atoms with Gasteiger partial charge in [-0.25, -0.2) is 0 Å². The molecule has 3 fully saturated rings. The maximum Gasteiger partial charge on any atom is 0.0575 e. The van der Waals surface area contributed by atoms with Crippen LogP contribution in [0.25, 0.3) is 0 Å². The summed E-state index contributed by atoms with van der Waals surface area (Å²) >= 11 is 0. The second-order valence-electron chi connectivity index (χ2n) is 9.81. The second-order valence-corrected chi connectivity index (χ2v) is 9.81. The quantitative estimate of drug-likeness (QED) is 0.406. The number of ether oxygens (including phenoxy) is 1. The Hall–Kier alpha value is -0.300. The Morgan fingerprint density at radius 1 is 0.731 bits per heavy atom. The Labute approximate surface area is 163 Å². The van der Waals surface area contributed by atoms with E-state index >= 15 is 0 Å². The average molecular weight is 361 g/mol. The number of rotatable bonds is 8. The molecule has 0 N–H and O–H groups in total. The van der Waals surface area contributed by atoms with Gasteiger partial charge in [0.25, 0.3) is 0 Å². The summed E-state index contributed by atoms with van der Waals surface area (Å²) in [5.74, 6) is 4.90. The lowest BCUT2D eigenvalue weighted by Gasteiger charge is -2.38. The molecule has 150 valence electrons. The first-order chi connectivity index (χ1) is 12.8. The van der Waals surface area contributed by atoms with E-state index in [2.05, 4.69) is 19.6 Å². The molecule has 0 saturated heterocycles. The van der Waals surface area contributed by atoms with Crippen LogP contribution in [0.5, 0.6) is 0 Å². The highest BCUT2D eigenvalue weighted by Gasteiger charge is 2.31. The van der Waals surface area contributed by atoms with Gasteiger partial charge in [-0.05, 0) is 93.8 Å². The van der Waals surface area contributed by atoms with Crippen LogP contribution in [0.1, 0.15) is 103 Å². The molecule has 0 bridgehead atoms. The number of hydrogen-bond donors (Lipinski definition) is 0. The highest BCUT2D eigenvalue weighted by Crippen LogP contribution is 2.41. The summed E-state index contributed by atoms with van der Waals surface area (Å²) in [6, 6.07) is 0. The zero-order chi connectivity index (χ0) is 18.2. The van der Waals surface area contributed by atoms with Crippen LogP contribution in [-0.2, 0) is 4.74 Å². The van der Waals surface area contributed by atoms with E-state index in [1.807, 2.05) is 0 Å². The van der Waals surface area contributed by atoms with Crippen molar-refractivity contribution in [2.75, 3.05) is 6.61 Å². The molecule has 3 aliphatic rings. The van der Waals surface area contributed by atoms with Gasteiger partial charge in [0.2, 0.25) is 0 Å². The molecule has 0 radical (unpaired) electrons. The fourth-order valence-corrected chi connectivity index (χ4v) is 6.11. The fraction of sp³-hybridized carbons (Fsp3) is 0.920. The van der Waals surface area contributed by atoms with Crippen LogP contribution in [0.15, 0.2) is 12.7 Å². The van der Waals surface area contributed by atoms with Gasteiger partial charge in [-0.3, -0.25) is 0 Å². The van der Waals surface area contributed by atoms with Crippen molar-refractivity contribution in [2.45, 2.75) is 109 Å². The molecule has 0 aliphatic heterocycles. The third-order valence-corrected chi connectivity index (χ3v) is 8.17. The third-order valence-electron chi connectivity index (χ3n) is 8.17. The minimum atomic E-state index is 0.582. The minimum absolute atomic E-state index is 0.582. The Morgan fingerprint density at radius 3 is 1.85 bits per heavy atom. The highest BCUT2D eigenvalue weighted by atomic mass is 16.5. The van der Waals surface area contributed by atoms with Crippen molar-refractivity contribution in [3.63, 3.8) is 0 Å². The molecule has 0 atom stereocenters. The van der Waals surface area contributed by atoms with Gasteiger partial charge in [0.15, 0.2) is 0 Å². The number of allylic oxidation sites excluding steroid dienone is 1. The van der Waals surface area contributed by atoms with Crippen LogP contribution in [0.2, 0.25) is 0 Å². The summed E-state index contributed by atoms with van der Waals surface area (Å²) in [5, 5.41) is 0. The Kier molecular flexibility index (Phi) is 8.56. The van der Waals surface area contributed by atoms with Gasteiger partial charge in [-0.2, -0.15) is 0 Å². The molecule has 0 unspecified atom stereocenters. The average Bonchev–Trinajstić information content (AvgIpc) is 2.72. The van der Waals surface area contributed by atoms with Gasteiger partial charge in [0.05, 0.1) is 6.10 Å². The van der Waals surface area contributed by atoms with Crippen molar-refractivity contribution in [3.8, 4) is 0 Å². The van der Waals surface area contributed by atoms with Gasteiger partial charge in [-0.1, -0.05) is 45.1 Å². The van der Waals surface area contributed by atoms with Crippen LogP contribution in [-0.4, -0.2) is 12.7 Å². The van der Waals surface area contributed by atoms with Gasteiger partial charge in [-0.15, -0.1) is 6.58 Å². The highest BCUT2D eigenvalue weighted by molar-refractivity contribution is 4.83. The van der Waals surface area contributed by atoms with E-state index < -0.39 is 0 Å². The van der Waals surface area contributed by atoms with Crippen LogP contribution in [0, 0.1) is 29.6 Å². The van der Waals surface area contributed by atoms with E-state index in [0.717, 1.165) is 36.2 Å². The maximum atomic E-state index is 6.38. The predicted octanol–water partition coefficient (Wildman–Crippen LogP) is 7.55. The van der Waals surface area contributed by atoms with E-state index in [9.17, 15) is 0 Å². The molecule has 0 aromatic heterocycles. The summed E-state index contributed by atoms with van der Waals surface area (Å²) in [6.07, 6.45) is 23.9. The molecule has 1 nitrogen and oxygen atoms in total. The lowest BCUT2D eigenvalue weighted by Crippen LogP contribution is -2.30. The molecular weight excluding hydrogens is 316 g/mol. The monoisotopic (exact) mass is 360 g/mol. The molecule has 3 rings (SSSR count). The lowest BCUT2D eigenvalue weighted by atomic mass is 9.70. The van der Waals surface area contributed by atoms with Crippen LogP contribution >= 0.6 is 0 Å². The van der Waals surface area contributed by atoms with Crippen molar-refractivity contribution in [1.29, 1.82) is 0 Å². The second kappa shape index (κ2) is 10.9. The largest absolute Gasteiger partial charge is 0.378 e. The summed E-state index contributed by atoms with van der Waals surface area (Å²) < 4.78 is 6.38. The lowest BCUT2D eigenvalue weighted by molar-refractivity contribution is -0.0170. The first kappa shape index (κ1) is 20.4. The third kappa shape index (κ3) is 6.11. The topological polar surface area (TPSA) is 9.23 Å². The summed E-state index contributed by atoms with van der Waals surface area (Å²) in [7, 11) is 0. The van der Waals surface area contributed by atoms with Crippen molar-refractivity contribution < 1.29 is 4.74 Å². The smallest absolute Gasteiger partial charge is 0.0575 e. The molecular formula is C25H44O. The molecule has 3 aliphatic carbocycles. The van der Waals surface area contributed by atoms with E-state index in [-0.39, 0.29) is 0 Å². The fourth-order valence-electron chi connectivity index (χ4n) is 6.11. The normalized spacial score (nSPS) is 38.8. The number of hydrogen-bond acceptors (Lipinski definition) is 1. The first-order valence-corrected chi connectivity index (χ1v) is 12.0. The Bertz CT molecular complexity index is 379. The van der Waals surface area contributed by atoms with Gasteiger partial charge < -0.3 is 4.74 Å². The van der Waals surface area contributed by atoms with Crippen LogP contribution in [0.3, 0.4) is 0 Å². The molecule has 0 amide bonds. The zero-order valence-corrected chi connectivity index (χ0v) is 17.5. The van der Waals surface area contributed by atoms with Crippen LogP contribution < -0.4 is 0 Å². The predicted molar refractivity (Wildman–Crippen MR) is 112 cm³/mol.